The summed E-state index contributed by atoms with van der Waals surface area (Å²) < 4.78 is 0. The number of oxime groups is 1. The topological polar surface area (TPSA) is 88.5 Å². The van der Waals surface area contributed by atoms with Gasteiger partial charge in [-0.2, -0.15) is 5.26 Å². The van der Waals surface area contributed by atoms with Gasteiger partial charge in [0, 0.05) is 17.7 Å². The van der Waals surface area contributed by atoms with Gasteiger partial charge in [0.05, 0.1) is 22.8 Å². The molecule has 0 fully saturated rings. The average Bonchev–Trinajstić information content (AvgIpc) is 2.52. The van der Waals surface area contributed by atoms with Crippen LogP contribution >= 0.6 is 0 Å². The van der Waals surface area contributed by atoms with Gasteiger partial charge < -0.3 is 4.84 Å². The van der Waals surface area contributed by atoms with Crippen molar-refractivity contribution in [3.63, 3.8) is 0 Å². The largest absolute Gasteiger partial charge is 0.391 e. The Hall–Kier alpha value is -3.20. The van der Waals surface area contributed by atoms with Crippen LogP contribution in [0.4, 0.5) is 5.69 Å². The number of nitro groups is 1. The number of nitro benzene ring substituents is 1. The van der Waals surface area contributed by atoms with Crippen molar-refractivity contribution in [2.45, 2.75) is 6.61 Å². The predicted octanol–water partition coefficient (Wildman–Crippen LogP) is 3.02. The molecular formula is C15H11N3O3. The van der Waals surface area contributed by atoms with Crippen molar-refractivity contribution in [3.05, 3.63) is 75.3 Å². The van der Waals surface area contributed by atoms with E-state index in [-0.39, 0.29) is 12.3 Å². The highest BCUT2D eigenvalue weighted by molar-refractivity contribution is 5.80. The lowest BCUT2D eigenvalue weighted by Crippen LogP contribution is -1.91. The van der Waals surface area contributed by atoms with Gasteiger partial charge in [-0.15, -0.1) is 0 Å². The van der Waals surface area contributed by atoms with E-state index >= 15 is 0 Å². The van der Waals surface area contributed by atoms with E-state index in [2.05, 4.69) is 5.16 Å². The summed E-state index contributed by atoms with van der Waals surface area (Å²) in [5.74, 6) is 0. The molecule has 0 saturated carbocycles. The fraction of sp³-hybridized carbons (Fsp3) is 0.0667. The van der Waals surface area contributed by atoms with E-state index in [0.29, 0.717) is 11.1 Å². The molecular weight excluding hydrogens is 270 g/mol. The first-order chi connectivity index (χ1) is 10.2. The molecule has 0 bridgehead atoms. The summed E-state index contributed by atoms with van der Waals surface area (Å²) in [4.78, 5) is 15.3. The third-order valence-electron chi connectivity index (χ3n) is 2.67. The predicted molar refractivity (Wildman–Crippen MR) is 76.6 cm³/mol. The molecule has 0 unspecified atom stereocenters. The Morgan fingerprint density at radius 3 is 2.71 bits per heavy atom. The number of benzene rings is 2. The van der Waals surface area contributed by atoms with Gasteiger partial charge in [0.25, 0.3) is 5.69 Å². The second kappa shape index (κ2) is 6.82. The zero-order valence-corrected chi connectivity index (χ0v) is 11.0. The van der Waals surface area contributed by atoms with Crippen molar-refractivity contribution in [2.24, 2.45) is 5.16 Å². The number of non-ortho nitro benzene ring substituents is 1. The Morgan fingerprint density at radius 1 is 1.29 bits per heavy atom. The van der Waals surface area contributed by atoms with Gasteiger partial charge in [-0.3, -0.25) is 10.1 Å². The van der Waals surface area contributed by atoms with Gasteiger partial charge in [0.1, 0.15) is 6.61 Å². The molecule has 2 aromatic carbocycles. The molecule has 6 nitrogen and oxygen atoms in total. The molecule has 0 aliphatic carbocycles. The first-order valence-corrected chi connectivity index (χ1v) is 6.08. The van der Waals surface area contributed by atoms with Gasteiger partial charge in [0.15, 0.2) is 0 Å². The van der Waals surface area contributed by atoms with Crippen LogP contribution in [0.5, 0.6) is 0 Å². The van der Waals surface area contributed by atoms with Crippen LogP contribution in [0.25, 0.3) is 0 Å². The van der Waals surface area contributed by atoms with Gasteiger partial charge in [0.2, 0.25) is 0 Å². The molecule has 2 aromatic rings. The molecule has 21 heavy (non-hydrogen) atoms. The van der Waals surface area contributed by atoms with Gasteiger partial charge >= 0.3 is 0 Å². The summed E-state index contributed by atoms with van der Waals surface area (Å²) in [5, 5.41) is 23.1. The highest BCUT2D eigenvalue weighted by atomic mass is 16.6. The van der Waals surface area contributed by atoms with E-state index in [0.717, 1.165) is 5.56 Å². The minimum atomic E-state index is -0.463. The molecule has 0 amide bonds. The van der Waals surface area contributed by atoms with Crippen LogP contribution in [0.2, 0.25) is 0 Å². The maximum Gasteiger partial charge on any atom is 0.270 e. The molecule has 6 heteroatoms. The standard InChI is InChI=1S/C15H11N3O3/c16-9-12-4-6-13(7-5-12)11-21-17-10-14-2-1-3-15(8-14)18(19)20/h1-8,10H,11H2/b17-10+. The summed E-state index contributed by atoms with van der Waals surface area (Å²) in [6.45, 7) is 0.261. The van der Waals surface area contributed by atoms with E-state index in [1.165, 1.54) is 18.3 Å². The molecule has 0 spiro atoms. The van der Waals surface area contributed by atoms with Crippen molar-refractivity contribution in [1.82, 2.24) is 0 Å². The third kappa shape index (κ3) is 4.14. The van der Waals surface area contributed by atoms with Crippen molar-refractivity contribution in [1.29, 1.82) is 5.26 Å². The fourth-order valence-corrected chi connectivity index (χ4v) is 1.60. The van der Waals surface area contributed by atoms with Crippen molar-refractivity contribution >= 4 is 11.9 Å². The lowest BCUT2D eigenvalue weighted by molar-refractivity contribution is -0.384. The van der Waals surface area contributed by atoms with Crippen LogP contribution in [0.3, 0.4) is 0 Å². The molecule has 0 aliphatic rings. The molecule has 0 aromatic heterocycles. The first-order valence-electron chi connectivity index (χ1n) is 6.08. The Balaban J connectivity index is 1.92. The van der Waals surface area contributed by atoms with E-state index in [1.807, 2.05) is 6.07 Å². The zero-order valence-electron chi connectivity index (χ0n) is 11.0. The monoisotopic (exact) mass is 281 g/mol. The summed E-state index contributed by atoms with van der Waals surface area (Å²) >= 11 is 0. The quantitative estimate of drug-likeness (QED) is 0.478. The van der Waals surface area contributed by atoms with Crippen LogP contribution in [0, 0.1) is 21.4 Å². The lowest BCUT2D eigenvalue weighted by atomic mass is 10.2. The van der Waals surface area contributed by atoms with E-state index in [1.54, 1.807) is 36.4 Å². The summed E-state index contributed by atoms with van der Waals surface area (Å²) in [5.41, 5.74) is 2.05. The fourth-order valence-electron chi connectivity index (χ4n) is 1.60. The first kappa shape index (κ1) is 14.2. The Morgan fingerprint density at radius 2 is 2.05 bits per heavy atom. The number of nitriles is 1. The van der Waals surface area contributed by atoms with Gasteiger partial charge in [-0.25, -0.2) is 0 Å². The Labute approximate surface area is 121 Å². The second-order valence-electron chi connectivity index (χ2n) is 4.17. The maximum absolute atomic E-state index is 10.6. The SMILES string of the molecule is N#Cc1ccc(CO/N=C/c2cccc([N+](=O)[O-])c2)cc1. The highest BCUT2D eigenvalue weighted by Crippen LogP contribution is 2.11. The lowest BCUT2D eigenvalue weighted by Gasteiger charge is -1.99. The van der Waals surface area contributed by atoms with Crippen LogP contribution in [-0.4, -0.2) is 11.1 Å². The number of rotatable bonds is 5. The average molecular weight is 281 g/mol. The molecule has 0 radical (unpaired) electrons. The minimum absolute atomic E-state index is 0.00559. The number of hydrogen-bond acceptors (Lipinski definition) is 5. The summed E-state index contributed by atoms with van der Waals surface area (Å²) in [7, 11) is 0. The Bertz CT molecular complexity index is 703. The second-order valence-corrected chi connectivity index (χ2v) is 4.17. The molecule has 2 rings (SSSR count). The van der Waals surface area contributed by atoms with Crippen LogP contribution in [0.1, 0.15) is 16.7 Å². The highest BCUT2D eigenvalue weighted by Gasteiger charge is 2.03. The Kier molecular flexibility index (Phi) is 4.62. The summed E-state index contributed by atoms with van der Waals surface area (Å²) in [6.07, 6.45) is 1.41. The van der Waals surface area contributed by atoms with Crippen molar-refractivity contribution in [3.8, 4) is 6.07 Å². The maximum atomic E-state index is 10.6. The molecule has 104 valence electrons. The normalized spacial score (nSPS) is 10.2. The van der Waals surface area contributed by atoms with E-state index < -0.39 is 4.92 Å². The smallest absolute Gasteiger partial charge is 0.270 e. The molecule has 0 N–H and O–H groups in total. The number of hydrogen-bond donors (Lipinski definition) is 0. The molecule has 0 atom stereocenters. The van der Waals surface area contributed by atoms with Crippen LogP contribution < -0.4 is 0 Å². The molecule has 0 saturated heterocycles. The third-order valence-corrected chi connectivity index (χ3v) is 2.67. The van der Waals surface area contributed by atoms with Crippen LogP contribution in [0.15, 0.2) is 53.7 Å². The minimum Gasteiger partial charge on any atom is -0.391 e. The van der Waals surface area contributed by atoms with Crippen LogP contribution in [-0.2, 0) is 11.4 Å². The van der Waals surface area contributed by atoms with E-state index in [4.69, 9.17) is 10.1 Å². The van der Waals surface area contributed by atoms with Gasteiger partial charge in [-0.1, -0.05) is 29.4 Å². The summed E-state index contributed by atoms with van der Waals surface area (Å²) in [6, 6.07) is 15.1. The van der Waals surface area contributed by atoms with Gasteiger partial charge in [-0.05, 0) is 17.7 Å². The molecule has 0 aliphatic heterocycles. The molecule has 0 heterocycles. The van der Waals surface area contributed by atoms with Crippen molar-refractivity contribution in [2.75, 3.05) is 0 Å². The number of nitrogens with zero attached hydrogens (tertiary/aromatic N) is 3. The van der Waals surface area contributed by atoms with E-state index in [9.17, 15) is 10.1 Å². The van der Waals surface area contributed by atoms with Crippen molar-refractivity contribution < 1.29 is 9.76 Å². The zero-order chi connectivity index (χ0) is 15.1.